The summed E-state index contributed by atoms with van der Waals surface area (Å²) in [5.41, 5.74) is 2.82. The minimum Gasteiger partial charge on any atom is -0.424 e. The Morgan fingerprint density at radius 2 is 2.05 bits per heavy atom. The predicted molar refractivity (Wildman–Crippen MR) is 78.8 cm³/mol. The summed E-state index contributed by atoms with van der Waals surface area (Å²) in [6, 6.07) is 8.66. The molecule has 2 aromatic heterocycles. The zero-order valence-corrected chi connectivity index (χ0v) is 11.9. The standard InChI is InChI=1S/C15H18N4O/c1-10-8-16-19(9-10)12(3)11(2)17-15-18-13-6-4-5-7-14(13)20-15/h4-9,11-12H,1-3H3,(H,17,18)/t11-,12+/m0/s1. The molecule has 0 bridgehead atoms. The maximum atomic E-state index is 5.68. The molecule has 0 saturated carbocycles. The summed E-state index contributed by atoms with van der Waals surface area (Å²) in [6.07, 6.45) is 3.90. The number of fused-ring (bicyclic) bond motifs is 1. The highest BCUT2D eigenvalue weighted by atomic mass is 16.4. The number of aromatic nitrogens is 3. The fourth-order valence-corrected chi connectivity index (χ4v) is 2.13. The highest BCUT2D eigenvalue weighted by molar-refractivity contribution is 5.74. The van der Waals surface area contributed by atoms with Crippen LogP contribution in [0.4, 0.5) is 6.01 Å². The Bertz CT molecular complexity index is 682. The topological polar surface area (TPSA) is 55.9 Å². The molecule has 20 heavy (non-hydrogen) atoms. The number of nitrogens with one attached hydrogen (secondary N) is 1. The number of hydrogen-bond donors (Lipinski definition) is 1. The van der Waals surface area contributed by atoms with Crippen molar-refractivity contribution in [1.29, 1.82) is 0 Å². The van der Waals surface area contributed by atoms with Gasteiger partial charge < -0.3 is 9.73 Å². The van der Waals surface area contributed by atoms with Gasteiger partial charge in [-0.15, -0.1) is 0 Å². The van der Waals surface area contributed by atoms with Gasteiger partial charge in [-0.3, -0.25) is 4.68 Å². The van der Waals surface area contributed by atoms with Crippen LogP contribution in [0.15, 0.2) is 41.1 Å². The van der Waals surface area contributed by atoms with Gasteiger partial charge >= 0.3 is 0 Å². The monoisotopic (exact) mass is 270 g/mol. The Morgan fingerprint density at radius 3 is 2.75 bits per heavy atom. The molecule has 0 aliphatic heterocycles. The Labute approximate surface area is 117 Å². The van der Waals surface area contributed by atoms with Crippen LogP contribution in [-0.2, 0) is 0 Å². The lowest BCUT2D eigenvalue weighted by atomic mass is 10.2. The molecule has 3 aromatic rings. The summed E-state index contributed by atoms with van der Waals surface area (Å²) in [5.74, 6) is 0. The quantitative estimate of drug-likeness (QED) is 0.789. The second-order valence-corrected chi connectivity index (χ2v) is 5.16. The summed E-state index contributed by atoms with van der Waals surface area (Å²) in [5, 5.41) is 7.65. The predicted octanol–water partition coefficient (Wildman–Crippen LogP) is 3.39. The Morgan fingerprint density at radius 1 is 1.25 bits per heavy atom. The minimum absolute atomic E-state index is 0.155. The average molecular weight is 270 g/mol. The van der Waals surface area contributed by atoms with Gasteiger partial charge in [0.2, 0.25) is 0 Å². The minimum atomic E-state index is 0.155. The number of oxazole rings is 1. The van der Waals surface area contributed by atoms with E-state index >= 15 is 0 Å². The highest BCUT2D eigenvalue weighted by Crippen LogP contribution is 2.21. The number of benzene rings is 1. The number of rotatable bonds is 4. The highest BCUT2D eigenvalue weighted by Gasteiger charge is 2.17. The Kier molecular flexibility index (Phi) is 3.18. The average Bonchev–Trinajstić information content (AvgIpc) is 3.03. The van der Waals surface area contributed by atoms with Crippen LogP contribution in [0.25, 0.3) is 11.1 Å². The van der Waals surface area contributed by atoms with E-state index in [1.54, 1.807) is 0 Å². The zero-order valence-electron chi connectivity index (χ0n) is 11.9. The van der Waals surface area contributed by atoms with Crippen molar-refractivity contribution in [1.82, 2.24) is 14.8 Å². The number of aryl methyl sites for hydroxylation is 1. The first-order chi connectivity index (χ1) is 9.63. The molecule has 104 valence electrons. The summed E-state index contributed by atoms with van der Waals surface area (Å²) in [6.45, 7) is 6.25. The molecule has 1 aromatic carbocycles. The van der Waals surface area contributed by atoms with Crippen LogP contribution in [0.3, 0.4) is 0 Å². The van der Waals surface area contributed by atoms with E-state index in [4.69, 9.17) is 4.42 Å². The van der Waals surface area contributed by atoms with Gasteiger partial charge in [0.15, 0.2) is 5.58 Å². The van der Waals surface area contributed by atoms with E-state index in [1.165, 1.54) is 0 Å². The number of hydrogen-bond acceptors (Lipinski definition) is 4. The van der Waals surface area contributed by atoms with E-state index in [0.717, 1.165) is 16.7 Å². The van der Waals surface area contributed by atoms with E-state index in [1.807, 2.05) is 48.3 Å². The van der Waals surface area contributed by atoms with Crippen molar-refractivity contribution in [2.75, 3.05) is 5.32 Å². The number of para-hydroxylation sites is 2. The second-order valence-electron chi connectivity index (χ2n) is 5.16. The molecule has 1 N–H and O–H groups in total. The van der Waals surface area contributed by atoms with Gasteiger partial charge in [-0.2, -0.15) is 10.1 Å². The number of nitrogens with zero attached hydrogens (tertiary/aromatic N) is 3. The first-order valence-corrected chi connectivity index (χ1v) is 6.76. The molecule has 0 fully saturated rings. The van der Waals surface area contributed by atoms with Gasteiger partial charge in [-0.05, 0) is 38.5 Å². The van der Waals surface area contributed by atoms with Crippen LogP contribution < -0.4 is 5.32 Å². The van der Waals surface area contributed by atoms with E-state index in [9.17, 15) is 0 Å². The molecule has 0 saturated heterocycles. The van der Waals surface area contributed by atoms with Crippen molar-refractivity contribution in [3.8, 4) is 0 Å². The lowest BCUT2D eigenvalue weighted by molar-refractivity contribution is 0.434. The molecule has 0 spiro atoms. The summed E-state index contributed by atoms with van der Waals surface area (Å²) in [7, 11) is 0. The lowest BCUT2D eigenvalue weighted by Crippen LogP contribution is -2.27. The molecule has 0 aliphatic rings. The normalized spacial score (nSPS) is 14.3. The van der Waals surface area contributed by atoms with Crippen molar-refractivity contribution in [2.45, 2.75) is 32.9 Å². The molecule has 5 heteroatoms. The van der Waals surface area contributed by atoms with Gasteiger partial charge in [0.1, 0.15) is 5.52 Å². The van der Waals surface area contributed by atoms with E-state index in [2.05, 4.69) is 29.2 Å². The zero-order chi connectivity index (χ0) is 14.1. The SMILES string of the molecule is Cc1cnn([C@H](C)[C@H](C)Nc2nc3ccccc3o2)c1. The fraction of sp³-hybridized carbons (Fsp3) is 0.333. The number of anilines is 1. The van der Waals surface area contributed by atoms with Crippen LogP contribution in [0.2, 0.25) is 0 Å². The van der Waals surface area contributed by atoms with Crippen molar-refractivity contribution < 1.29 is 4.42 Å². The maximum Gasteiger partial charge on any atom is 0.295 e. The Hall–Kier alpha value is -2.30. The molecule has 0 aliphatic carbocycles. The van der Waals surface area contributed by atoms with Crippen molar-refractivity contribution in [3.05, 3.63) is 42.2 Å². The third-order valence-electron chi connectivity index (χ3n) is 3.52. The third kappa shape index (κ3) is 2.39. The van der Waals surface area contributed by atoms with E-state index in [-0.39, 0.29) is 12.1 Å². The summed E-state index contributed by atoms with van der Waals surface area (Å²) >= 11 is 0. The lowest BCUT2D eigenvalue weighted by Gasteiger charge is -2.20. The van der Waals surface area contributed by atoms with Gasteiger partial charge in [-0.25, -0.2) is 0 Å². The van der Waals surface area contributed by atoms with E-state index in [0.29, 0.717) is 6.01 Å². The fourth-order valence-electron chi connectivity index (χ4n) is 2.13. The molecule has 0 amide bonds. The molecule has 2 heterocycles. The third-order valence-corrected chi connectivity index (χ3v) is 3.52. The van der Waals surface area contributed by atoms with Gasteiger partial charge in [0, 0.05) is 12.2 Å². The first-order valence-electron chi connectivity index (χ1n) is 6.76. The molecule has 0 unspecified atom stereocenters. The van der Waals surface area contributed by atoms with Gasteiger partial charge in [0.25, 0.3) is 6.01 Å². The van der Waals surface area contributed by atoms with Crippen LogP contribution >= 0.6 is 0 Å². The van der Waals surface area contributed by atoms with Crippen molar-refractivity contribution >= 4 is 17.1 Å². The van der Waals surface area contributed by atoms with Crippen LogP contribution in [0.5, 0.6) is 0 Å². The molecule has 2 atom stereocenters. The van der Waals surface area contributed by atoms with E-state index < -0.39 is 0 Å². The summed E-state index contributed by atoms with van der Waals surface area (Å²) < 4.78 is 7.63. The first kappa shape index (κ1) is 12.7. The van der Waals surface area contributed by atoms with Crippen LogP contribution in [-0.4, -0.2) is 20.8 Å². The van der Waals surface area contributed by atoms with Gasteiger partial charge in [0.05, 0.1) is 12.2 Å². The molecular formula is C15H18N4O. The summed E-state index contributed by atoms with van der Waals surface area (Å²) in [4.78, 5) is 4.43. The molecular weight excluding hydrogens is 252 g/mol. The van der Waals surface area contributed by atoms with Crippen LogP contribution in [0, 0.1) is 6.92 Å². The van der Waals surface area contributed by atoms with Crippen molar-refractivity contribution in [3.63, 3.8) is 0 Å². The second kappa shape index (κ2) is 5.00. The van der Waals surface area contributed by atoms with Crippen molar-refractivity contribution in [2.24, 2.45) is 0 Å². The molecule has 3 rings (SSSR count). The molecule has 5 nitrogen and oxygen atoms in total. The maximum absolute atomic E-state index is 5.68. The smallest absolute Gasteiger partial charge is 0.295 e. The Balaban J connectivity index is 1.76. The van der Waals surface area contributed by atoms with Crippen LogP contribution in [0.1, 0.15) is 25.5 Å². The van der Waals surface area contributed by atoms with Gasteiger partial charge in [-0.1, -0.05) is 12.1 Å². The largest absolute Gasteiger partial charge is 0.424 e. The molecule has 0 radical (unpaired) electrons.